The van der Waals surface area contributed by atoms with E-state index in [9.17, 15) is 4.79 Å². The van der Waals surface area contributed by atoms with Crippen LogP contribution in [0.5, 0.6) is 23.0 Å². The standard InChI is InChI=1S/C27H29NO5/c1-18-14-24(30-2)25(31-3)17-21(18)27(29)28-22(15-19-8-5-4-6-9-19)20-10-11-23-26(16-20)33-13-7-12-32-23/h4-6,8-11,14,16-17,22H,7,12-13,15H2,1-3H3,(H,28,29). The summed E-state index contributed by atoms with van der Waals surface area (Å²) >= 11 is 0. The van der Waals surface area contributed by atoms with Crippen molar-refractivity contribution in [1.82, 2.24) is 5.32 Å². The van der Waals surface area contributed by atoms with Gasteiger partial charge in [-0.05, 0) is 54.3 Å². The molecule has 0 aromatic heterocycles. The monoisotopic (exact) mass is 447 g/mol. The average molecular weight is 448 g/mol. The number of benzene rings is 3. The highest BCUT2D eigenvalue weighted by atomic mass is 16.5. The average Bonchev–Trinajstić information content (AvgIpc) is 3.09. The van der Waals surface area contributed by atoms with Gasteiger partial charge < -0.3 is 24.3 Å². The first-order chi connectivity index (χ1) is 16.1. The van der Waals surface area contributed by atoms with Crippen LogP contribution in [0, 0.1) is 6.92 Å². The Morgan fingerprint density at radius 1 is 0.939 bits per heavy atom. The predicted molar refractivity (Wildman–Crippen MR) is 127 cm³/mol. The summed E-state index contributed by atoms with van der Waals surface area (Å²) in [7, 11) is 3.14. The molecule has 4 rings (SSSR count). The van der Waals surface area contributed by atoms with E-state index in [4.69, 9.17) is 18.9 Å². The van der Waals surface area contributed by atoms with Gasteiger partial charge in [-0.3, -0.25) is 4.79 Å². The number of fused-ring (bicyclic) bond motifs is 1. The van der Waals surface area contributed by atoms with E-state index in [-0.39, 0.29) is 11.9 Å². The fourth-order valence-corrected chi connectivity index (χ4v) is 3.96. The maximum absolute atomic E-state index is 13.4. The molecular weight excluding hydrogens is 418 g/mol. The topological polar surface area (TPSA) is 66.0 Å². The molecule has 1 heterocycles. The van der Waals surface area contributed by atoms with Crippen LogP contribution in [0.1, 0.15) is 39.5 Å². The Morgan fingerprint density at radius 3 is 2.36 bits per heavy atom. The molecule has 1 N–H and O–H groups in total. The number of amides is 1. The van der Waals surface area contributed by atoms with Crippen LogP contribution in [0.25, 0.3) is 0 Å². The molecule has 33 heavy (non-hydrogen) atoms. The van der Waals surface area contributed by atoms with Gasteiger partial charge in [0.25, 0.3) is 5.91 Å². The van der Waals surface area contributed by atoms with E-state index in [1.807, 2.05) is 49.4 Å². The van der Waals surface area contributed by atoms with Crippen LogP contribution in [0.15, 0.2) is 60.7 Å². The molecule has 0 aliphatic carbocycles. The molecule has 0 bridgehead atoms. The summed E-state index contributed by atoms with van der Waals surface area (Å²) in [5.74, 6) is 2.37. The van der Waals surface area contributed by atoms with E-state index in [1.165, 1.54) is 0 Å². The van der Waals surface area contributed by atoms with Crippen molar-refractivity contribution in [2.75, 3.05) is 27.4 Å². The summed E-state index contributed by atoms with van der Waals surface area (Å²) in [5.41, 5.74) is 3.43. The summed E-state index contributed by atoms with van der Waals surface area (Å²) in [6, 6.07) is 19.3. The lowest BCUT2D eigenvalue weighted by Gasteiger charge is -2.22. The summed E-state index contributed by atoms with van der Waals surface area (Å²) in [4.78, 5) is 13.4. The molecule has 0 saturated carbocycles. The van der Waals surface area contributed by atoms with Crippen molar-refractivity contribution in [2.45, 2.75) is 25.8 Å². The van der Waals surface area contributed by atoms with Crippen LogP contribution < -0.4 is 24.3 Å². The molecule has 0 spiro atoms. The second-order valence-corrected chi connectivity index (χ2v) is 7.99. The molecule has 1 aliphatic heterocycles. The summed E-state index contributed by atoms with van der Waals surface area (Å²) in [6.07, 6.45) is 1.48. The molecule has 3 aromatic rings. The molecule has 172 valence electrons. The Bertz CT molecular complexity index is 1110. The highest BCUT2D eigenvalue weighted by Gasteiger charge is 2.22. The number of rotatable bonds is 7. The van der Waals surface area contributed by atoms with Crippen molar-refractivity contribution < 1.29 is 23.7 Å². The number of aryl methyl sites for hydroxylation is 1. The van der Waals surface area contributed by atoms with Crippen molar-refractivity contribution >= 4 is 5.91 Å². The van der Waals surface area contributed by atoms with Crippen molar-refractivity contribution in [1.29, 1.82) is 0 Å². The lowest BCUT2D eigenvalue weighted by Crippen LogP contribution is -2.30. The molecule has 6 nitrogen and oxygen atoms in total. The van der Waals surface area contributed by atoms with E-state index in [0.29, 0.717) is 42.4 Å². The second kappa shape index (κ2) is 10.3. The first kappa shape index (κ1) is 22.5. The van der Waals surface area contributed by atoms with Gasteiger partial charge in [-0.25, -0.2) is 0 Å². The van der Waals surface area contributed by atoms with E-state index < -0.39 is 0 Å². The van der Waals surface area contributed by atoms with Gasteiger partial charge in [-0.2, -0.15) is 0 Å². The third kappa shape index (κ3) is 5.22. The molecule has 1 amide bonds. The number of hydrogen-bond acceptors (Lipinski definition) is 5. The zero-order valence-corrected chi connectivity index (χ0v) is 19.2. The van der Waals surface area contributed by atoms with Crippen molar-refractivity contribution in [3.8, 4) is 23.0 Å². The third-order valence-electron chi connectivity index (χ3n) is 5.74. The zero-order chi connectivity index (χ0) is 23.2. The van der Waals surface area contributed by atoms with Crippen LogP contribution in [0.3, 0.4) is 0 Å². The van der Waals surface area contributed by atoms with E-state index in [2.05, 4.69) is 17.4 Å². The highest BCUT2D eigenvalue weighted by molar-refractivity contribution is 5.96. The number of carbonyl (C=O) groups excluding carboxylic acids is 1. The summed E-state index contributed by atoms with van der Waals surface area (Å²) < 4.78 is 22.4. The maximum atomic E-state index is 13.4. The molecular formula is C27H29NO5. The fraction of sp³-hybridized carbons (Fsp3) is 0.296. The number of hydrogen-bond donors (Lipinski definition) is 1. The van der Waals surface area contributed by atoms with Crippen LogP contribution in [0.4, 0.5) is 0 Å². The smallest absolute Gasteiger partial charge is 0.252 e. The Kier molecular flexibility index (Phi) is 7.03. The van der Waals surface area contributed by atoms with Gasteiger partial charge >= 0.3 is 0 Å². The van der Waals surface area contributed by atoms with Gasteiger partial charge in [0.1, 0.15) is 0 Å². The third-order valence-corrected chi connectivity index (χ3v) is 5.74. The molecule has 0 saturated heterocycles. The normalized spacial score (nSPS) is 13.5. The lowest BCUT2D eigenvalue weighted by molar-refractivity contribution is 0.0935. The number of ether oxygens (including phenoxy) is 4. The SMILES string of the molecule is COc1cc(C)c(C(=O)NC(Cc2ccccc2)c2ccc3c(c2)OCCCO3)cc1OC. The first-order valence-electron chi connectivity index (χ1n) is 11.1. The van der Waals surface area contributed by atoms with Crippen molar-refractivity contribution in [3.63, 3.8) is 0 Å². The van der Waals surface area contributed by atoms with Gasteiger partial charge in [0, 0.05) is 12.0 Å². The summed E-state index contributed by atoms with van der Waals surface area (Å²) in [5, 5.41) is 3.22. The Labute approximate surface area is 194 Å². The first-order valence-corrected chi connectivity index (χ1v) is 11.1. The van der Waals surface area contributed by atoms with Gasteiger partial charge in [-0.1, -0.05) is 36.4 Å². The minimum Gasteiger partial charge on any atom is -0.493 e. The molecule has 0 fully saturated rings. The second-order valence-electron chi connectivity index (χ2n) is 7.99. The van der Waals surface area contributed by atoms with Gasteiger partial charge in [0.2, 0.25) is 0 Å². The van der Waals surface area contributed by atoms with Gasteiger partial charge in [0.15, 0.2) is 23.0 Å². The lowest BCUT2D eigenvalue weighted by atomic mass is 9.97. The Hall–Kier alpha value is -3.67. The number of methoxy groups -OCH3 is 2. The highest BCUT2D eigenvalue weighted by Crippen LogP contribution is 2.34. The van der Waals surface area contributed by atoms with E-state index in [0.717, 1.165) is 28.9 Å². The molecule has 3 aromatic carbocycles. The molecule has 0 radical (unpaired) electrons. The Morgan fingerprint density at radius 2 is 1.64 bits per heavy atom. The molecule has 1 atom stereocenters. The minimum atomic E-state index is -0.260. The van der Waals surface area contributed by atoms with E-state index in [1.54, 1.807) is 20.3 Å². The molecule has 6 heteroatoms. The minimum absolute atomic E-state index is 0.179. The largest absolute Gasteiger partial charge is 0.493 e. The van der Waals surface area contributed by atoms with Crippen molar-refractivity contribution in [2.24, 2.45) is 0 Å². The fourth-order valence-electron chi connectivity index (χ4n) is 3.96. The van der Waals surface area contributed by atoms with Crippen LogP contribution >= 0.6 is 0 Å². The van der Waals surface area contributed by atoms with E-state index >= 15 is 0 Å². The summed E-state index contributed by atoms with van der Waals surface area (Å²) in [6.45, 7) is 3.13. The zero-order valence-electron chi connectivity index (χ0n) is 19.2. The van der Waals surface area contributed by atoms with Crippen LogP contribution in [-0.4, -0.2) is 33.3 Å². The van der Waals surface area contributed by atoms with Crippen LogP contribution in [0.2, 0.25) is 0 Å². The maximum Gasteiger partial charge on any atom is 0.252 e. The quantitative estimate of drug-likeness (QED) is 0.559. The van der Waals surface area contributed by atoms with Gasteiger partial charge in [0.05, 0.1) is 33.5 Å². The van der Waals surface area contributed by atoms with Gasteiger partial charge in [-0.15, -0.1) is 0 Å². The number of carbonyl (C=O) groups is 1. The molecule has 1 aliphatic rings. The predicted octanol–water partition coefficient (Wildman–Crippen LogP) is 4.89. The van der Waals surface area contributed by atoms with Crippen molar-refractivity contribution in [3.05, 3.63) is 82.9 Å². The molecule has 1 unspecified atom stereocenters. The number of nitrogens with one attached hydrogen (secondary N) is 1. The van der Waals surface area contributed by atoms with Crippen LogP contribution in [-0.2, 0) is 6.42 Å². The Balaban J connectivity index is 1.66.